The predicted molar refractivity (Wildman–Crippen MR) is 69.8 cm³/mol. The first-order valence-corrected chi connectivity index (χ1v) is 6.47. The number of nitrogens with one attached hydrogen (secondary N) is 1. The van der Waals surface area contributed by atoms with Crippen molar-refractivity contribution in [3.05, 3.63) is 34.6 Å². The van der Waals surface area contributed by atoms with Crippen LogP contribution in [0.3, 0.4) is 0 Å². The van der Waals surface area contributed by atoms with Gasteiger partial charge in [-0.1, -0.05) is 23.7 Å². The van der Waals surface area contributed by atoms with Gasteiger partial charge in [-0.2, -0.15) is 0 Å². The molecule has 1 aromatic carbocycles. The van der Waals surface area contributed by atoms with E-state index in [1.54, 1.807) is 6.07 Å². The molecule has 1 saturated heterocycles. The molecule has 1 aliphatic rings. The summed E-state index contributed by atoms with van der Waals surface area (Å²) in [6.07, 6.45) is 2.50. The molecule has 2 unspecified atom stereocenters. The lowest BCUT2D eigenvalue weighted by atomic mass is 9.89. The lowest BCUT2D eigenvalue weighted by Crippen LogP contribution is -2.52. The number of rotatable bonds is 4. The maximum absolute atomic E-state index is 13.4. The van der Waals surface area contributed by atoms with Crippen LogP contribution in [0.5, 0.6) is 0 Å². The van der Waals surface area contributed by atoms with Crippen molar-refractivity contribution in [3.8, 4) is 0 Å². The van der Waals surface area contributed by atoms with Crippen LogP contribution in [-0.2, 0) is 11.2 Å². The van der Waals surface area contributed by atoms with Crippen molar-refractivity contribution in [1.29, 1.82) is 0 Å². The van der Waals surface area contributed by atoms with Gasteiger partial charge in [0.1, 0.15) is 5.82 Å². The number of ether oxygens (including phenoxy) is 1. The van der Waals surface area contributed by atoms with E-state index in [0.29, 0.717) is 6.42 Å². The van der Waals surface area contributed by atoms with E-state index in [1.165, 1.54) is 6.07 Å². The molecule has 5 heteroatoms. The van der Waals surface area contributed by atoms with Gasteiger partial charge in [-0.05, 0) is 37.8 Å². The number of hydrogen-bond acceptors (Lipinski definition) is 3. The summed E-state index contributed by atoms with van der Waals surface area (Å²) in [7, 11) is 0. The molecule has 2 rings (SSSR count). The summed E-state index contributed by atoms with van der Waals surface area (Å²) in [6.45, 7) is 2.77. The molecule has 18 heavy (non-hydrogen) atoms. The van der Waals surface area contributed by atoms with Gasteiger partial charge < -0.3 is 4.74 Å². The Labute approximate surface area is 111 Å². The molecule has 1 aromatic rings. The van der Waals surface area contributed by atoms with Crippen molar-refractivity contribution in [1.82, 2.24) is 5.43 Å². The highest BCUT2D eigenvalue weighted by atomic mass is 35.5. The van der Waals surface area contributed by atoms with Gasteiger partial charge >= 0.3 is 0 Å². The van der Waals surface area contributed by atoms with E-state index in [4.69, 9.17) is 22.2 Å². The molecule has 0 spiro atoms. The number of halogens is 2. The molecule has 0 aliphatic carbocycles. The monoisotopic (exact) mass is 272 g/mol. The summed E-state index contributed by atoms with van der Waals surface area (Å²) in [4.78, 5) is 0. The topological polar surface area (TPSA) is 47.3 Å². The number of nitrogens with two attached hydrogens (primary N) is 1. The van der Waals surface area contributed by atoms with Crippen LogP contribution in [0.25, 0.3) is 0 Å². The molecule has 3 nitrogen and oxygen atoms in total. The summed E-state index contributed by atoms with van der Waals surface area (Å²) in [6, 6.07) is 4.74. The second-order valence-corrected chi connectivity index (χ2v) is 5.28. The van der Waals surface area contributed by atoms with Crippen molar-refractivity contribution in [2.45, 2.75) is 37.8 Å². The van der Waals surface area contributed by atoms with Gasteiger partial charge in [-0.15, -0.1) is 0 Å². The Hall–Kier alpha value is -0.680. The fraction of sp³-hybridized carbons (Fsp3) is 0.538. The van der Waals surface area contributed by atoms with Gasteiger partial charge in [0, 0.05) is 6.61 Å². The van der Waals surface area contributed by atoms with Crippen LogP contribution in [0.4, 0.5) is 4.39 Å². The molecule has 1 fully saturated rings. The molecule has 0 aromatic heterocycles. The van der Waals surface area contributed by atoms with Crippen LogP contribution in [0, 0.1) is 5.82 Å². The second-order valence-electron chi connectivity index (χ2n) is 4.90. The van der Waals surface area contributed by atoms with E-state index in [2.05, 4.69) is 5.43 Å². The Morgan fingerprint density at radius 2 is 2.39 bits per heavy atom. The smallest absolute Gasteiger partial charge is 0.142 e. The zero-order chi connectivity index (χ0) is 13.2. The van der Waals surface area contributed by atoms with Crippen molar-refractivity contribution in [2.75, 3.05) is 6.61 Å². The number of benzene rings is 1. The average Bonchev–Trinajstić information content (AvgIpc) is 2.79. The van der Waals surface area contributed by atoms with Crippen molar-refractivity contribution < 1.29 is 9.13 Å². The molecule has 1 aliphatic heterocycles. The van der Waals surface area contributed by atoms with Gasteiger partial charge in [0.2, 0.25) is 0 Å². The third-order valence-corrected chi connectivity index (χ3v) is 4.07. The minimum Gasteiger partial charge on any atom is -0.374 e. The van der Waals surface area contributed by atoms with Crippen LogP contribution in [0.15, 0.2) is 18.2 Å². The van der Waals surface area contributed by atoms with Crippen LogP contribution in [-0.4, -0.2) is 18.2 Å². The maximum atomic E-state index is 13.4. The summed E-state index contributed by atoms with van der Waals surface area (Å²) in [5, 5.41) is 0.166. The molecule has 3 N–H and O–H groups in total. The highest BCUT2D eigenvalue weighted by Gasteiger charge is 2.38. The zero-order valence-electron chi connectivity index (χ0n) is 10.4. The Morgan fingerprint density at radius 3 is 3.00 bits per heavy atom. The summed E-state index contributed by atoms with van der Waals surface area (Å²) < 4.78 is 19.1. The first kappa shape index (κ1) is 13.7. The van der Waals surface area contributed by atoms with Gasteiger partial charge in [-0.3, -0.25) is 11.3 Å². The quantitative estimate of drug-likeness (QED) is 0.654. The third kappa shape index (κ3) is 2.67. The number of hydrazine groups is 1. The second kappa shape index (κ2) is 5.53. The predicted octanol–water partition coefficient (Wildman–Crippen LogP) is 2.42. The molecule has 0 bridgehead atoms. The van der Waals surface area contributed by atoms with Gasteiger partial charge in [0.05, 0.1) is 16.7 Å². The van der Waals surface area contributed by atoms with Gasteiger partial charge in [0.15, 0.2) is 0 Å². The SMILES string of the molecule is CC1(C(Cc2cccc(F)c2Cl)NN)CCCO1. The largest absolute Gasteiger partial charge is 0.374 e. The molecule has 0 radical (unpaired) electrons. The minimum atomic E-state index is -0.401. The highest BCUT2D eigenvalue weighted by Crippen LogP contribution is 2.31. The van der Waals surface area contributed by atoms with Crippen LogP contribution >= 0.6 is 11.6 Å². The fourth-order valence-corrected chi connectivity index (χ4v) is 2.66. The first-order chi connectivity index (χ1) is 8.57. The van der Waals surface area contributed by atoms with E-state index in [0.717, 1.165) is 25.0 Å². The molecular formula is C13H18ClFN2O. The molecule has 2 atom stereocenters. The van der Waals surface area contributed by atoms with E-state index in [9.17, 15) is 4.39 Å². The summed E-state index contributed by atoms with van der Waals surface area (Å²) in [5.41, 5.74) is 3.21. The van der Waals surface area contributed by atoms with E-state index >= 15 is 0 Å². The lowest BCUT2D eigenvalue weighted by Gasteiger charge is -2.33. The Kier molecular flexibility index (Phi) is 4.22. The van der Waals surface area contributed by atoms with Gasteiger partial charge in [0.25, 0.3) is 0 Å². The summed E-state index contributed by atoms with van der Waals surface area (Å²) >= 11 is 5.96. The van der Waals surface area contributed by atoms with Crippen LogP contribution < -0.4 is 11.3 Å². The first-order valence-electron chi connectivity index (χ1n) is 6.10. The van der Waals surface area contributed by atoms with Gasteiger partial charge in [-0.25, -0.2) is 4.39 Å². The van der Waals surface area contributed by atoms with Crippen LogP contribution in [0.2, 0.25) is 5.02 Å². The lowest BCUT2D eigenvalue weighted by molar-refractivity contribution is -0.0115. The van der Waals surface area contributed by atoms with E-state index < -0.39 is 5.82 Å². The zero-order valence-corrected chi connectivity index (χ0v) is 11.1. The molecule has 0 amide bonds. The summed E-state index contributed by atoms with van der Waals surface area (Å²) in [5.74, 6) is 5.21. The van der Waals surface area contributed by atoms with Crippen LogP contribution in [0.1, 0.15) is 25.3 Å². The molecular weight excluding hydrogens is 255 g/mol. The Morgan fingerprint density at radius 1 is 1.61 bits per heavy atom. The van der Waals surface area contributed by atoms with Crippen molar-refractivity contribution in [2.24, 2.45) is 5.84 Å². The van der Waals surface area contributed by atoms with E-state index in [-0.39, 0.29) is 16.7 Å². The molecule has 100 valence electrons. The minimum absolute atomic E-state index is 0.0840. The highest BCUT2D eigenvalue weighted by molar-refractivity contribution is 6.31. The van der Waals surface area contributed by atoms with Crippen molar-refractivity contribution >= 4 is 11.6 Å². The normalized spacial score (nSPS) is 25.3. The standard InChI is InChI=1S/C13H18ClFN2O/c1-13(6-3-7-18-13)11(17-16)8-9-4-2-5-10(15)12(9)14/h2,4-5,11,17H,3,6-8,16H2,1H3. The third-order valence-electron chi connectivity index (χ3n) is 3.64. The molecule has 1 heterocycles. The average molecular weight is 273 g/mol. The van der Waals surface area contributed by atoms with Crippen molar-refractivity contribution in [3.63, 3.8) is 0 Å². The Bertz CT molecular complexity index is 421. The molecule has 0 saturated carbocycles. The maximum Gasteiger partial charge on any atom is 0.142 e. The van der Waals surface area contributed by atoms with E-state index in [1.807, 2.05) is 13.0 Å². The number of hydrogen-bond donors (Lipinski definition) is 2. The fourth-order valence-electron chi connectivity index (χ4n) is 2.45. The Balaban J connectivity index is 2.17.